The molecule has 0 N–H and O–H groups in total. The average Bonchev–Trinajstić information content (AvgIpc) is 3.07. The van der Waals surface area contributed by atoms with Gasteiger partial charge < -0.3 is 9.47 Å². The van der Waals surface area contributed by atoms with Crippen LogP contribution >= 0.6 is 23.2 Å². The van der Waals surface area contributed by atoms with Crippen LogP contribution in [0.3, 0.4) is 0 Å². The smallest absolute Gasteiger partial charge is 0.187 e. The number of hydrogen-bond acceptors (Lipinski definition) is 5. The lowest BCUT2D eigenvalue weighted by Crippen LogP contribution is -2.06. The number of halogens is 2. The lowest BCUT2D eigenvalue weighted by Gasteiger charge is -2.12. The maximum absolute atomic E-state index is 6.33. The summed E-state index contributed by atoms with van der Waals surface area (Å²) in [4.78, 5) is 0. The summed E-state index contributed by atoms with van der Waals surface area (Å²) < 4.78 is 12.1. The van der Waals surface area contributed by atoms with Crippen LogP contribution in [0.5, 0.6) is 5.75 Å². The highest BCUT2D eigenvalue weighted by Crippen LogP contribution is 2.34. The van der Waals surface area contributed by atoms with Gasteiger partial charge in [-0.2, -0.15) is 4.68 Å². The molecule has 24 heavy (non-hydrogen) atoms. The molecule has 2 aromatic carbocycles. The Morgan fingerprint density at radius 2 is 1.83 bits per heavy atom. The third-order valence-electron chi connectivity index (χ3n) is 3.28. The van der Waals surface area contributed by atoms with Crippen LogP contribution in [0.2, 0.25) is 10.0 Å². The largest absolute Gasteiger partial charge is 0.490 e. The average molecular weight is 365 g/mol. The second-order valence-corrected chi connectivity index (χ2v) is 5.67. The van der Waals surface area contributed by atoms with Gasteiger partial charge in [0.1, 0.15) is 12.4 Å². The van der Waals surface area contributed by atoms with E-state index in [1.165, 1.54) is 0 Å². The van der Waals surface area contributed by atoms with E-state index in [-0.39, 0.29) is 0 Å². The summed E-state index contributed by atoms with van der Waals surface area (Å²) in [5, 5.41) is 12.7. The molecule has 0 unspecified atom stereocenters. The maximum atomic E-state index is 6.33. The van der Waals surface area contributed by atoms with E-state index in [1.54, 1.807) is 23.9 Å². The molecular weight excluding hydrogens is 351 g/mol. The fourth-order valence-corrected chi connectivity index (χ4v) is 2.66. The van der Waals surface area contributed by atoms with Gasteiger partial charge in [0.25, 0.3) is 0 Å². The predicted molar refractivity (Wildman–Crippen MR) is 92.0 cm³/mol. The lowest BCUT2D eigenvalue weighted by atomic mass is 10.2. The summed E-state index contributed by atoms with van der Waals surface area (Å²) in [5.74, 6) is 1.06. The monoisotopic (exact) mass is 364 g/mol. The summed E-state index contributed by atoms with van der Waals surface area (Å²) >= 11 is 12.5. The fraction of sp³-hybridized carbons (Fsp3) is 0.188. The van der Waals surface area contributed by atoms with Crippen LogP contribution in [0.25, 0.3) is 17.1 Å². The van der Waals surface area contributed by atoms with Crippen molar-refractivity contribution < 1.29 is 9.47 Å². The van der Waals surface area contributed by atoms with E-state index in [4.69, 9.17) is 32.7 Å². The first kappa shape index (κ1) is 16.7. The summed E-state index contributed by atoms with van der Waals surface area (Å²) in [6.07, 6.45) is 0. The van der Waals surface area contributed by atoms with Crippen LogP contribution in [-0.2, 0) is 4.74 Å². The molecule has 0 saturated heterocycles. The third kappa shape index (κ3) is 3.51. The van der Waals surface area contributed by atoms with Crippen molar-refractivity contribution in [1.82, 2.24) is 20.2 Å². The molecule has 124 valence electrons. The first-order valence-electron chi connectivity index (χ1n) is 7.15. The van der Waals surface area contributed by atoms with Crippen LogP contribution < -0.4 is 4.74 Å². The molecule has 0 fully saturated rings. The summed E-state index contributed by atoms with van der Waals surface area (Å²) in [5.41, 5.74) is 1.45. The minimum Gasteiger partial charge on any atom is -0.490 e. The van der Waals surface area contributed by atoms with Crippen LogP contribution in [0.15, 0.2) is 42.5 Å². The van der Waals surface area contributed by atoms with Gasteiger partial charge in [-0.05, 0) is 16.5 Å². The number of rotatable bonds is 6. The molecule has 0 aliphatic heterocycles. The summed E-state index contributed by atoms with van der Waals surface area (Å²) in [6, 6.07) is 12.9. The van der Waals surface area contributed by atoms with Crippen molar-refractivity contribution in [1.29, 1.82) is 0 Å². The van der Waals surface area contributed by atoms with E-state index in [2.05, 4.69) is 15.5 Å². The number of nitrogens with zero attached hydrogens (tertiary/aromatic N) is 4. The number of hydrogen-bond donors (Lipinski definition) is 0. The number of tetrazole rings is 1. The second kappa shape index (κ2) is 7.61. The molecule has 3 aromatic rings. The Hall–Kier alpha value is -2.15. The molecule has 8 heteroatoms. The van der Waals surface area contributed by atoms with Crippen molar-refractivity contribution >= 4 is 23.2 Å². The van der Waals surface area contributed by atoms with Crippen molar-refractivity contribution in [2.75, 3.05) is 20.3 Å². The van der Waals surface area contributed by atoms with Crippen LogP contribution in [-0.4, -0.2) is 40.5 Å². The number of methoxy groups -OCH3 is 1. The topological polar surface area (TPSA) is 62.1 Å². The Kier molecular flexibility index (Phi) is 5.30. The standard InChI is InChI=1S/C16H14Cl2N4O2/c1-23-7-8-24-15-10-14(12(17)9-13(15)18)22-16(19-20-21-22)11-5-3-2-4-6-11/h2-6,9-10H,7-8H2,1H3. The van der Waals surface area contributed by atoms with Gasteiger partial charge in [0.2, 0.25) is 0 Å². The third-order valence-corrected chi connectivity index (χ3v) is 3.87. The summed E-state index contributed by atoms with van der Waals surface area (Å²) in [6.45, 7) is 0.826. The Morgan fingerprint density at radius 3 is 2.58 bits per heavy atom. The van der Waals surface area contributed by atoms with Crippen LogP contribution in [0, 0.1) is 0 Å². The van der Waals surface area contributed by atoms with Gasteiger partial charge in [0.15, 0.2) is 5.82 Å². The Bertz CT molecular complexity index is 824. The lowest BCUT2D eigenvalue weighted by molar-refractivity contribution is 0.146. The number of benzene rings is 2. The Labute approximate surface area is 148 Å². The number of ether oxygens (including phenoxy) is 2. The van der Waals surface area contributed by atoms with Gasteiger partial charge in [-0.3, -0.25) is 0 Å². The zero-order chi connectivity index (χ0) is 16.9. The Morgan fingerprint density at radius 1 is 1.04 bits per heavy atom. The van der Waals surface area contributed by atoms with Crippen LogP contribution in [0.4, 0.5) is 0 Å². The highest BCUT2D eigenvalue weighted by atomic mass is 35.5. The van der Waals surface area contributed by atoms with E-state index in [0.717, 1.165) is 5.56 Å². The maximum Gasteiger partial charge on any atom is 0.187 e. The SMILES string of the molecule is COCCOc1cc(-n2nnnc2-c2ccccc2)c(Cl)cc1Cl. The molecule has 1 heterocycles. The molecule has 0 amide bonds. The van der Waals surface area contributed by atoms with Gasteiger partial charge in [-0.25, -0.2) is 0 Å². The van der Waals surface area contributed by atoms with Gasteiger partial charge in [-0.1, -0.05) is 53.5 Å². The molecular formula is C16H14Cl2N4O2. The Balaban J connectivity index is 2.01. The molecule has 0 aliphatic rings. The normalized spacial score (nSPS) is 10.8. The molecule has 0 spiro atoms. The van der Waals surface area contributed by atoms with Gasteiger partial charge in [0, 0.05) is 18.7 Å². The number of aromatic nitrogens is 4. The van der Waals surface area contributed by atoms with Gasteiger partial charge >= 0.3 is 0 Å². The summed E-state index contributed by atoms with van der Waals surface area (Å²) in [7, 11) is 1.60. The zero-order valence-corrected chi connectivity index (χ0v) is 14.3. The first-order chi connectivity index (χ1) is 11.7. The molecule has 0 radical (unpaired) electrons. The second-order valence-electron chi connectivity index (χ2n) is 4.86. The molecule has 0 atom stereocenters. The van der Waals surface area contributed by atoms with Crippen molar-refractivity contribution in [2.24, 2.45) is 0 Å². The molecule has 1 aromatic heterocycles. The molecule has 0 aliphatic carbocycles. The van der Waals surface area contributed by atoms with Crippen molar-refractivity contribution in [3.63, 3.8) is 0 Å². The van der Waals surface area contributed by atoms with Crippen molar-refractivity contribution in [3.8, 4) is 22.8 Å². The minimum atomic E-state index is 0.373. The zero-order valence-electron chi connectivity index (χ0n) is 12.8. The van der Waals surface area contributed by atoms with E-state index in [9.17, 15) is 0 Å². The van der Waals surface area contributed by atoms with Crippen molar-refractivity contribution in [3.05, 3.63) is 52.5 Å². The van der Waals surface area contributed by atoms with E-state index >= 15 is 0 Å². The molecule has 0 bridgehead atoms. The van der Waals surface area contributed by atoms with E-state index in [0.29, 0.717) is 40.5 Å². The van der Waals surface area contributed by atoms with Gasteiger partial charge in [0.05, 0.1) is 22.3 Å². The first-order valence-corrected chi connectivity index (χ1v) is 7.91. The fourth-order valence-electron chi connectivity index (χ4n) is 2.14. The molecule has 0 saturated carbocycles. The van der Waals surface area contributed by atoms with E-state index < -0.39 is 0 Å². The quantitative estimate of drug-likeness (QED) is 0.624. The van der Waals surface area contributed by atoms with Crippen LogP contribution in [0.1, 0.15) is 0 Å². The van der Waals surface area contributed by atoms with Gasteiger partial charge in [-0.15, -0.1) is 5.10 Å². The predicted octanol–water partition coefficient (Wildman–Crippen LogP) is 3.66. The highest BCUT2D eigenvalue weighted by Gasteiger charge is 2.16. The highest BCUT2D eigenvalue weighted by molar-refractivity contribution is 6.36. The minimum absolute atomic E-state index is 0.373. The van der Waals surface area contributed by atoms with E-state index in [1.807, 2.05) is 30.3 Å². The van der Waals surface area contributed by atoms with Crippen molar-refractivity contribution in [2.45, 2.75) is 0 Å². The molecule has 3 rings (SSSR count). The molecule has 6 nitrogen and oxygen atoms in total.